The molecular weight excluding hydrogens is 663 g/mol. The van der Waals surface area contributed by atoms with Crippen LogP contribution in [-0.2, 0) is 0 Å². The van der Waals surface area contributed by atoms with Crippen LogP contribution >= 0.6 is 0 Å². The van der Waals surface area contributed by atoms with E-state index in [1.165, 1.54) is 77.2 Å². The lowest BCUT2D eigenvalue weighted by molar-refractivity contribution is 1.26. The van der Waals surface area contributed by atoms with Gasteiger partial charge in [0, 0.05) is 17.1 Å². The molecule has 0 amide bonds. The van der Waals surface area contributed by atoms with Gasteiger partial charge >= 0.3 is 0 Å². The molecule has 1 nitrogen and oxygen atoms in total. The molecule has 0 atom stereocenters. The van der Waals surface area contributed by atoms with Crippen LogP contribution in [0.2, 0.25) is 0 Å². The summed E-state index contributed by atoms with van der Waals surface area (Å²) < 4.78 is 0. The van der Waals surface area contributed by atoms with E-state index in [2.05, 4.69) is 231 Å². The average Bonchev–Trinajstić information content (AvgIpc) is 3.23. The minimum atomic E-state index is 1.13. The van der Waals surface area contributed by atoms with E-state index in [0.717, 1.165) is 17.1 Å². The summed E-state index contributed by atoms with van der Waals surface area (Å²) in [6, 6.07) is 72.6. The predicted octanol–water partition coefficient (Wildman–Crippen LogP) is 15.3. The molecule has 0 radical (unpaired) electrons. The second-order valence-corrected chi connectivity index (χ2v) is 14.3. The number of rotatable bonds is 8. The van der Waals surface area contributed by atoms with Crippen molar-refractivity contribution in [2.45, 2.75) is 13.8 Å². The van der Waals surface area contributed by atoms with Crippen molar-refractivity contribution >= 4 is 50.8 Å². The van der Waals surface area contributed by atoms with Crippen LogP contribution in [0.25, 0.3) is 67.1 Å². The molecule has 9 rings (SSSR count). The first kappa shape index (κ1) is 33.8. The number of nitrogens with zero attached hydrogens (tertiary/aromatic N) is 1. The van der Waals surface area contributed by atoms with Gasteiger partial charge in [-0.2, -0.15) is 0 Å². The van der Waals surface area contributed by atoms with E-state index < -0.39 is 0 Å². The van der Waals surface area contributed by atoms with Gasteiger partial charge in [-0.15, -0.1) is 0 Å². The van der Waals surface area contributed by atoms with E-state index in [-0.39, 0.29) is 0 Å². The molecule has 0 spiro atoms. The van der Waals surface area contributed by atoms with Gasteiger partial charge in [0.2, 0.25) is 0 Å². The molecule has 0 aliphatic heterocycles. The van der Waals surface area contributed by atoms with Crippen LogP contribution in [-0.4, -0.2) is 0 Å². The van der Waals surface area contributed by atoms with Gasteiger partial charge in [-0.3, -0.25) is 0 Å². The lowest BCUT2D eigenvalue weighted by Gasteiger charge is -2.26. The quantitative estimate of drug-likeness (QED) is 0.112. The second kappa shape index (κ2) is 14.8. The zero-order valence-corrected chi connectivity index (χ0v) is 31.2. The fraction of sp³-hybridized carbons (Fsp3) is 0.0370. The highest BCUT2D eigenvalue weighted by Gasteiger charge is 2.18. The molecule has 9 aromatic rings. The standard InChI is InChI=1S/C54H41N/c1-38-12-10-16-47(36-38)55(48-17-11-13-39(2)37-48)46-34-32-45(33-35-46)54-51-20-8-6-18-49(51)53(50-19-7-9-21-52(50)54)44-30-26-41(27-31-44)23-22-40-24-28-43(29-25-40)42-14-4-3-5-15-42/h3-37H,1-2H3. The number of benzene rings is 9. The zero-order chi connectivity index (χ0) is 37.1. The van der Waals surface area contributed by atoms with Crippen LogP contribution in [0.4, 0.5) is 17.1 Å². The van der Waals surface area contributed by atoms with E-state index >= 15 is 0 Å². The van der Waals surface area contributed by atoms with E-state index in [9.17, 15) is 0 Å². The molecule has 0 heterocycles. The maximum absolute atomic E-state index is 2.35. The van der Waals surface area contributed by atoms with Crippen LogP contribution < -0.4 is 4.90 Å². The Morgan fingerprint density at radius 2 is 0.691 bits per heavy atom. The molecular formula is C54H41N. The maximum atomic E-state index is 2.35. The molecule has 0 aliphatic rings. The van der Waals surface area contributed by atoms with Crippen LogP contribution in [0, 0.1) is 13.8 Å². The number of aryl methyl sites for hydroxylation is 2. The Labute approximate surface area is 324 Å². The normalized spacial score (nSPS) is 11.4. The van der Waals surface area contributed by atoms with Crippen molar-refractivity contribution in [3.05, 3.63) is 222 Å². The molecule has 0 saturated heterocycles. The summed E-state index contributed by atoms with van der Waals surface area (Å²) in [4.78, 5) is 2.35. The van der Waals surface area contributed by atoms with E-state index in [1.807, 2.05) is 0 Å². The molecule has 262 valence electrons. The van der Waals surface area contributed by atoms with Gasteiger partial charge in [0.1, 0.15) is 0 Å². The molecule has 55 heavy (non-hydrogen) atoms. The number of fused-ring (bicyclic) bond motifs is 2. The second-order valence-electron chi connectivity index (χ2n) is 14.3. The highest BCUT2D eigenvalue weighted by Crippen LogP contribution is 2.44. The third-order valence-corrected chi connectivity index (χ3v) is 10.6. The molecule has 0 fully saturated rings. The van der Waals surface area contributed by atoms with Gasteiger partial charge < -0.3 is 4.90 Å². The van der Waals surface area contributed by atoms with Crippen molar-refractivity contribution in [2.24, 2.45) is 0 Å². The van der Waals surface area contributed by atoms with E-state index in [1.54, 1.807) is 0 Å². The Kier molecular flexibility index (Phi) is 9.12. The lowest BCUT2D eigenvalue weighted by Crippen LogP contribution is -2.10. The smallest absolute Gasteiger partial charge is 0.0464 e. The Morgan fingerprint density at radius 3 is 1.13 bits per heavy atom. The summed E-state index contributed by atoms with van der Waals surface area (Å²) in [5.74, 6) is 0. The third kappa shape index (κ3) is 6.85. The summed E-state index contributed by atoms with van der Waals surface area (Å²) in [6.07, 6.45) is 4.39. The fourth-order valence-electron chi connectivity index (χ4n) is 7.88. The third-order valence-electron chi connectivity index (χ3n) is 10.6. The van der Waals surface area contributed by atoms with Crippen LogP contribution in [0.5, 0.6) is 0 Å². The summed E-state index contributed by atoms with van der Waals surface area (Å²) in [5, 5.41) is 5.01. The number of hydrogen-bond acceptors (Lipinski definition) is 1. The predicted molar refractivity (Wildman–Crippen MR) is 237 cm³/mol. The fourth-order valence-corrected chi connectivity index (χ4v) is 7.88. The van der Waals surface area contributed by atoms with Crippen molar-refractivity contribution in [1.82, 2.24) is 0 Å². The highest BCUT2D eigenvalue weighted by molar-refractivity contribution is 6.21. The van der Waals surface area contributed by atoms with Crippen molar-refractivity contribution in [2.75, 3.05) is 4.90 Å². The number of hydrogen-bond donors (Lipinski definition) is 0. The van der Waals surface area contributed by atoms with Crippen LogP contribution in [0.1, 0.15) is 22.3 Å². The molecule has 0 unspecified atom stereocenters. The Bertz CT molecular complexity index is 2690. The lowest BCUT2D eigenvalue weighted by atomic mass is 9.86. The first-order valence-electron chi connectivity index (χ1n) is 19.0. The summed E-state index contributed by atoms with van der Waals surface area (Å²) in [7, 11) is 0. The Balaban J connectivity index is 1.07. The average molecular weight is 704 g/mol. The molecule has 0 saturated carbocycles. The number of anilines is 3. The van der Waals surface area contributed by atoms with E-state index in [4.69, 9.17) is 0 Å². The molecule has 0 aromatic heterocycles. The first-order valence-corrected chi connectivity index (χ1v) is 19.0. The SMILES string of the molecule is Cc1cccc(N(c2ccc(-c3c4ccccc4c(-c4ccc(C=Cc5ccc(-c6ccccc6)cc5)cc4)c4ccccc34)cc2)c2cccc(C)c2)c1. The zero-order valence-electron chi connectivity index (χ0n) is 31.2. The minimum absolute atomic E-state index is 1.13. The van der Waals surface area contributed by atoms with Crippen molar-refractivity contribution in [3.8, 4) is 33.4 Å². The first-order chi connectivity index (χ1) is 27.1. The van der Waals surface area contributed by atoms with Gasteiger partial charge in [0.25, 0.3) is 0 Å². The molecule has 0 N–H and O–H groups in total. The molecule has 0 bridgehead atoms. The molecule has 0 aliphatic carbocycles. The van der Waals surface area contributed by atoms with Gasteiger partial charge in [0.15, 0.2) is 0 Å². The monoisotopic (exact) mass is 703 g/mol. The highest BCUT2D eigenvalue weighted by atomic mass is 15.1. The Morgan fingerprint density at radius 1 is 0.309 bits per heavy atom. The van der Waals surface area contributed by atoms with Crippen LogP contribution in [0.15, 0.2) is 200 Å². The van der Waals surface area contributed by atoms with Gasteiger partial charge in [-0.25, -0.2) is 0 Å². The largest absolute Gasteiger partial charge is 0.310 e. The maximum Gasteiger partial charge on any atom is 0.0464 e. The van der Waals surface area contributed by atoms with Gasteiger partial charge in [0.05, 0.1) is 0 Å². The van der Waals surface area contributed by atoms with Crippen molar-refractivity contribution < 1.29 is 0 Å². The van der Waals surface area contributed by atoms with Crippen molar-refractivity contribution in [1.29, 1.82) is 0 Å². The summed E-state index contributed by atoms with van der Waals surface area (Å²) in [5.41, 5.74) is 15.7. The summed E-state index contributed by atoms with van der Waals surface area (Å²) in [6.45, 7) is 4.30. The minimum Gasteiger partial charge on any atom is -0.310 e. The van der Waals surface area contributed by atoms with Crippen LogP contribution in [0.3, 0.4) is 0 Å². The van der Waals surface area contributed by atoms with Crippen molar-refractivity contribution in [3.63, 3.8) is 0 Å². The molecule has 9 aromatic carbocycles. The molecule has 1 heteroatoms. The van der Waals surface area contributed by atoms with E-state index in [0.29, 0.717) is 0 Å². The Hall–Kier alpha value is -6.96. The van der Waals surface area contributed by atoms with Gasteiger partial charge in [-0.1, -0.05) is 176 Å². The topological polar surface area (TPSA) is 3.24 Å². The van der Waals surface area contributed by atoms with Gasteiger partial charge in [-0.05, 0) is 127 Å². The summed E-state index contributed by atoms with van der Waals surface area (Å²) >= 11 is 0.